The first-order valence-electron chi connectivity index (χ1n) is 4.68. The van der Waals surface area contributed by atoms with E-state index in [2.05, 4.69) is 10.1 Å². The summed E-state index contributed by atoms with van der Waals surface area (Å²) in [5.74, 6) is 0.643. The second kappa shape index (κ2) is 4.09. The first-order valence-corrected chi connectivity index (χ1v) is 4.68. The van der Waals surface area contributed by atoms with Crippen LogP contribution in [0.1, 0.15) is 24.8 Å². The molecule has 0 unspecified atom stereocenters. The van der Waals surface area contributed by atoms with Crippen molar-refractivity contribution in [3.05, 3.63) is 23.9 Å². The topological polar surface area (TPSA) is 54.7 Å². The molecule has 1 aromatic heterocycles. The number of pyridine rings is 1. The van der Waals surface area contributed by atoms with Crippen LogP contribution < -0.4 is 4.74 Å². The maximum absolute atomic E-state index is 8.29. The molecule has 0 aromatic carbocycles. The number of hydrogen-bond donors (Lipinski definition) is 1. The Morgan fingerprint density at radius 2 is 2.36 bits per heavy atom. The largest absolute Gasteiger partial charge is 0.474 e. The van der Waals surface area contributed by atoms with Crippen LogP contribution in [-0.4, -0.2) is 22.5 Å². The molecule has 0 aliphatic heterocycles. The first kappa shape index (κ1) is 8.99. The number of nitrogens with zero attached hydrogens (tertiary/aromatic N) is 2. The van der Waals surface area contributed by atoms with Crippen molar-refractivity contribution in [1.82, 2.24) is 4.98 Å². The Morgan fingerprint density at radius 1 is 1.50 bits per heavy atom. The molecule has 1 aliphatic carbocycles. The number of rotatable bonds is 3. The molecule has 14 heavy (non-hydrogen) atoms. The van der Waals surface area contributed by atoms with Crippen molar-refractivity contribution in [1.29, 1.82) is 0 Å². The Balaban J connectivity index is 1.98. The van der Waals surface area contributed by atoms with Crippen molar-refractivity contribution in [3.63, 3.8) is 0 Å². The van der Waals surface area contributed by atoms with Crippen molar-refractivity contribution in [2.45, 2.75) is 25.4 Å². The number of hydrogen-bond acceptors (Lipinski definition) is 4. The Labute approximate surface area is 82.2 Å². The highest BCUT2D eigenvalue weighted by Crippen LogP contribution is 2.23. The second-order valence-electron chi connectivity index (χ2n) is 3.35. The summed E-state index contributed by atoms with van der Waals surface area (Å²) in [6, 6.07) is 3.59. The molecule has 1 saturated carbocycles. The SMILES string of the molecule is O/N=C/c1ccc(OC2CCC2)nc1. The van der Waals surface area contributed by atoms with Gasteiger partial charge in [-0.2, -0.15) is 0 Å². The van der Waals surface area contributed by atoms with E-state index in [4.69, 9.17) is 9.94 Å². The van der Waals surface area contributed by atoms with Gasteiger partial charge >= 0.3 is 0 Å². The average Bonchev–Trinajstić information content (AvgIpc) is 2.14. The van der Waals surface area contributed by atoms with E-state index in [0.717, 1.165) is 18.4 Å². The molecule has 0 bridgehead atoms. The van der Waals surface area contributed by atoms with Gasteiger partial charge in [0.05, 0.1) is 6.21 Å². The van der Waals surface area contributed by atoms with Crippen LogP contribution in [0.3, 0.4) is 0 Å². The minimum absolute atomic E-state index is 0.347. The van der Waals surface area contributed by atoms with Gasteiger partial charge in [-0.15, -0.1) is 0 Å². The van der Waals surface area contributed by atoms with E-state index in [9.17, 15) is 0 Å². The van der Waals surface area contributed by atoms with Gasteiger partial charge < -0.3 is 9.94 Å². The fourth-order valence-corrected chi connectivity index (χ4v) is 1.26. The predicted octanol–water partition coefficient (Wildman–Crippen LogP) is 1.82. The molecule has 1 N–H and O–H groups in total. The van der Waals surface area contributed by atoms with E-state index in [1.165, 1.54) is 12.6 Å². The minimum Gasteiger partial charge on any atom is -0.474 e. The van der Waals surface area contributed by atoms with Gasteiger partial charge in [-0.3, -0.25) is 0 Å². The van der Waals surface area contributed by atoms with Gasteiger partial charge in [0.25, 0.3) is 0 Å². The van der Waals surface area contributed by atoms with E-state index >= 15 is 0 Å². The van der Waals surface area contributed by atoms with E-state index < -0.39 is 0 Å². The summed E-state index contributed by atoms with van der Waals surface area (Å²) in [6.45, 7) is 0. The lowest BCUT2D eigenvalue weighted by Gasteiger charge is -2.25. The summed E-state index contributed by atoms with van der Waals surface area (Å²) < 4.78 is 5.57. The van der Waals surface area contributed by atoms with Crippen molar-refractivity contribution in [3.8, 4) is 5.88 Å². The third-order valence-electron chi connectivity index (χ3n) is 2.31. The van der Waals surface area contributed by atoms with E-state index in [0.29, 0.717) is 12.0 Å². The molecule has 0 spiro atoms. The predicted molar refractivity (Wildman–Crippen MR) is 51.9 cm³/mol. The van der Waals surface area contributed by atoms with Crippen molar-refractivity contribution < 1.29 is 9.94 Å². The molecule has 0 atom stereocenters. The molecular weight excluding hydrogens is 180 g/mol. The van der Waals surface area contributed by atoms with Crippen LogP contribution in [-0.2, 0) is 0 Å². The van der Waals surface area contributed by atoms with E-state index in [-0.39, 0.29) is 0 Å². The molecule has 0 radical (unpaired) electrons. The van der Waals surface area contributed by atoms with Gasteiger partial charge in [-0.25, -0.2) is 4.98 Å². The summed E-state index contributed by atoms with van der Waals surface area (Å²) in [7, 11) is 0. The smallest absolute Gasteiger partial charge is 0.213 e. The molecule has 0 saturated heterocycles. The zero-order chi connectivity index (χ0) is 9.80. The van der Waals surface area contributed by atoms with Gasteiger partial charge in [-0.05, 0) is 25.3 Å². The Bertz CT molecular complexity index is 317. The third kappa shape index (κ3) is 2.02. The third-order valence-corrected chi connectivity index (χ3v) is 2.31. The Hall–Kier alpha value is -1.58. The van der Waals surface area contributed by atoms with Crippen LogP contribution in [0.15, 0.2) is 23.5 Å². The lowest BCUT2D eigenvalue weighted by Crippen LogP contribution is -2.24. The van der Waals surface area contributed by atoms with Crippen molar-refractivity contribution in [2.75, 3.05) is 0 Å². The first-order chi connectivity index (χ1) is 6.88. The quantitative estimate of drug-likeness (QED) is 0.451. The van der Waals surface area contributed by atoms with Gasteiger partial charge in [0.15, 0.2) is 0 Å². The van der Waals surface area contributed by atoms with Crippen LogP contribution in [0.25, 0.3) is 0 Å². The van der Waals surface area contributed by atoms with Gasteiger partial charge in [0.2, 0.25) is 5.88 Å². The number of aromatic nitrogens is 1. The fraction of sp³-hybridized carbons (Fsp3) is 0.400. The van der Waals surface area contributed by atoms with E-state index in [1.54, 1.807) is 18.3 Å². The van der Waals surface area contributed by atoms with Crippen LogP contribution in [0.5, 0.6) is 5.88 Å². The molecule has 1 aliphatic rings. The Kier molecular flexibility index (Phi) is 2.62. The minimum atomic E-state index is 0.347. The molecule has 2 rings (SSSR count). The maximum Gasteiger partial charge on any atom is 0.213 e. The fourth-order valence-electron chi connectivity index (χ4n) is 1.26. The molecule has 1 aromatic rings. The summed E-state index contributed by atoms with van der Waals surface area (Å²) >= 11 is 0. The molecule has 1 heterocycles. The van der Waals surface area contributed by atoms with Crippen LogP contribution >= 0.6 is 0 Å². The van der Waals surface area contributed by atoms with Crippen LogP contribution in [0, 0.1) is 0 Å². The molecule has 4 heteroatoms. The summed E-state index contributed by atoms with van der Waals surface area (Å²) in [5, 5.41) is 11.2. The standard InChI is InChI=1S/C10H12N2O2/c13-12-7-8-4-5-10(11-6-8)14-9-2-1-3-9/h4-7,9,13H,1-3H2/b12-7+. The Morgan fingerprint density at radius 3 is 2.86 bits per heavy atom. The highest BCUT2D eigenvalue weighted by atomic mass is 16.5. The van der Waals surface area contributed by atoms with Crippen molar-refractivity contribution >= 4 is 6.21 Å². The summed E-state index contributed by atoms with van der Waals surface area (Å²) in [4.78, 5) is 4.09. The van der Waals surface area contributed by atoms with Crippen molar-refractivity contribution in [2.24, 2.45) is 5.16 Å². The van der Waals surface area contributed by atoms with Gasteiger partial charge in [0.1, 0.15) is 6.10 Å². The van der Waals surface area contributed by atoms with Gasteiger partial charge in [-0.1, -0.05) is 5.16 Å². The molecular formula is C10H12N2O2. The summed E-state index contributed by atoms with van der Waals surface area (Å²) in [6.07, 6.45) is 6.80. The van der Waals surface area contributed by atoms with Crippen LogP contribution in [0.2, 0.25) is 0 Å². The number of oxime groups is 1. The lowest BCUT2D eigenvalue weighted by molar-refractivity contribution is 0.114. The highest BCUT2D eigenvalue weighted by molar-refractivity contribution is 5.78. The average molecular weight is 192 g/mol. The normalized spacial score (nSPS) is 16.9. The molecule has 4 nitrogen and oxygen atoms in total. The molecule has 1 fully saturated rings. The molecule has 74 valence electrons. The van der Waals surface area contributed by atoms with Gasteiger partial charge in [0, 0.05) is 17.8 Å². The summed E-state index contributed by atoms with van der Waals surface area (Å²) in [5.41, 5.74) is 0.758. The zero-order valence-corrected chi connectivity index (χ0v) is 7.76. The highest BCUT2D eigenvalue weighted by Gasteiger charge is 2.19. The second-order valence-corrected chi connectivity index (χ2v) is 3.35. The zero-order valence-electron chi connectivity index (χ0n) is 7.76. The van der Waals surface area contributed by atoms with Crippen LogP contribution in [0.4, 0.5) is 0 Å². The molecule has 0 amide bonds. The lowest BCUT2D eigenvalue weighted by atomic mass is 9.96. The number of ether oxygens (including phenoxy) is 1. The monoisotopic (exact) mass is 192 g/mol. The maximum atomic E-state index is 8.29. The van der Waals surface area contributed by atoms with E-state index in [1.807, 2.05) is 0 Å².